The fourth-order valence-corrected chi connectivity index (χ4v) is 3.79. The van der Waals surface area contributed by atoms with E-state index in [1.54, 1.807) is 30.3 Å². The second-order valence-electron chi connectivity index (χ2n) is 7.60. The number of ether oxygens (including phenoxy) is 4. The predicted molar refractivity (Wildman–Crippen MR) is 133 cm³/mol. The Kier molecular flexibility index (Phi) is 7.35. The highest BCUT2D eigenvalue weighted by molar-refractivity contribution is 6.32. The summed E-state index contributed by atoms with van der Waals surface area (Å²) in [5.41, 5.74) is 2.60. The van der Waals surface area contributed by atoms with Crippen LogP contribution in [0.3, 0.4) is 0 Å². The third-order valence-electron chi connectivity index (χ3n) is 5.18. The van der Waals surface area contributed by atoms with Gasteiger partial charge in [0.1, 0.15) is 18.2 Å². The average molecular weight is 511 g/mol. The molecule has 1 aliphatic rings. The van der Waals surface area contributed by atoms with Crippen molar-refractivity contribution in [1.29, 1.82) is 5.26 Å². The van der Waals surface area contributed by atoms with E-state index in [4.69, 9.17) is 42.1 Å². The first-order chi connectivity index (χ1) is 16.9. The van der Waals surface area contributed by atoms with Gasteiger partial charge in [-0.1, -0.05) is 35.3 Å². The van der Waals surface area contributed by atoms with E-state index in [9.17, 15) is 10.1 Å². The number of aryl methyl sites for hydroxylation is 1. The third kappa shape index (κ3) is 5.62. The number of hydrogen-bond acceptors (Lipinski definition) is 6. The van der Waals surface area contributed by atoms with E-state index >= 15 is 0 Å². The minimum atomic E-state index is -0.578. The molecular weight excluding hydrogens is 491 g/mol. The average Bonchev–Trinajstić information content (AvgIpc) is 3.31. The molecule has 3 aromatic rings. The summed E-state index contributed by atoms with van der Waals surface area (Å²) < 4.78 is 22.1. The van der Waals surface area contributed by atoms with Gasteiger partial charge in [0.15, 0.2) is 23.0 Å². The summed E-state index contributed by atoms with van der Waals surface area (Å²) >= 11 is 12.6. The zero-order chi connectivity index (χ0) is 24.9. The number of carbonyl (C=O) groups excluding carboxylic acids is 1. The van der Waals surface area contributed by atoms with Gasteiger partial charge < -0.3 is 24.3 Å². The molecule has 0 bridgehead atoms. The number of nitrogens with zero attached hydrogens (tertiary/aromatic N) is 1. The lowest BCUT2D eigenvalue weighted by Crippen LogP contribution is -2.13. The molecule has 3 aromatic carbocycles. The number of nitrogens with one attached hydrogen (secondary N) is 1. The van der Waals surface area contributed by atoms with Crippen molar-refractivity contribution in [1.82, 2.24) is 0 Å². The summed E-state index contributed by atoms with van der Waals surface area (Å²) in [4.78, 5) is 12.6. The Morgan fingerprint density at radius 1 is 1.11 bits per heavy atom. The molecule has 0 unspecified atom stereocenters. The van der Waals surface area contributed by atoms with Crippen LogP contribution in [0.4, 0.5) is 5.69 Å². The molecule has 9 heteroatoms. The molecule has 0 atom stereocenters. The lowest BCUT2D eigenvalue weighted by atomic mass is 10.1. The van der Waals surface area contributed by atoms with Crippen LogP contribution in [0.2, 0.25) is 10.0 Å². The van der Waals surface area contributed by atoms with Crippen molar-refractivity contribution in [3.8, 4) is 29.1 Å². The second-order valence-corrected chi connectivity index (χ2v) is 8.41. The molecule has 35 heavy (non-hydrogen) atoms. The Bertz CT molecular complexity index is 1360. The molecule has 0 aliphatic carbocycles. The number of hydrogen-bond donors (Lipinski definition) is 1. The number of nitriles is 1. The van der Waals surface area contributed by atoms with Crippen molar-refractivity contribution in [3.63, 3.8) is 0 Å². The van der Waals surface area contributed by atoms with Gasteiger partial charge in [-0.05, 0) is 66.1 Å². The zero-order valence-corrected chi connectivity index (χ0v) is 20.4. The van der Waals surface area contributed by atoms with E-state index in [0.29, 0.717) is 39.3 Å². The summed E-state index contributed by atoms with van der Waals surface area (Å²) in [6, 6.07) is 15.8. The first kappa shape index (κ1) is 24.3. The Labute approximate surface area is 212 Å². The smallest absolute Gasteiger partial charge is 0.266 e. The number of halogens is 2. The van der Waals surface area contributed by atoms with E-state index in [2.05, 4.69) is 5.32 Å². The van der Waals surface area contributed by atoms with Crippen molar-refractivity contribution in [3.05, 3.63) is 80.8 Å². The van der Waals surface area contributed by atoms with Crippen LogP contribution in [-0.2, 0) is 11.4 Å². The highest BCUT2D eigenvalue weighted by Gasteiger charge is 2.17. The first-order valence-corrected chi connectivity index (χ1v) is 11.2. The molecule has 7 nitrogen and oxygen atoms in total. The van der Waals surface area contributed by atoms with Gasteiger partial charge in [-0.25, -0.2) is 0 Å². The number of methoxy groups -OCH3 is 1. The van der Waals surface area contributed by atoms with Gasteiger partial charge in [0.25, 0.3) is 5.91 Å². The molecule has 0 saturated heterocycles. The number of amides is 1. The molecule has 0 fully saturated rings. The maximum Gasteiger partial charge on any atom is 0.266 e. The van der Waals surface area contributed by atoms with Crippen molar-refractivity contribution in [2.75, 3.05) is 19.2 Å². The number of carbonyl (C=O) groups is 1. The molecule has 1 amide bonds. The van der Waals surface area contributed by atoms with E-state index in [0.717, 1.165) is 11.1 Å². The van der Waals surface area contributed by atoms with Gasteiger partial charge in [-0.15, -0.1) is 0 Å². The second kappa shape index (κ2) is 10.6. The first-order valence-electron chi connectivity index (χ1n) is 10.5. The van der Waals surface area contributed by atoms with Gasteiger partial charge in [-0.3, -0.25) is 4.79 Å². The number of benzene rings is 3. The monoisotopic (exact) mass is 510 g/mol. The van der Waals surface area contributed by atoms with Crippen LogP contribution in [0, 0.1) is 18.3 Å². The molecule has 178 valence electrons. The van der Waals surface area contributed by atoms with Crippen LogP contribution in [0.5, 0.6) is 23.0 Å². The molecule has 1 N–H and O–H groups in total. The lowest BCUT2D eigenvalue weighted by molar-refractivity contribution is -0.112. The van der Waals surface area contributed by atoms with Gasteiger partial charge in [0.2, 0.25) is 6.79 Å². The standard InChI is InChI=1S/C26H20Cl2N2O5/c1-15-3-5-19(11-20(15)27)30-26(31)18(12-29)7-17-8-21(28)25(24(10-17)32-2)33-13-16-4-6-22-23(9-16)35-14-34-22/h3-11H,13-14H2,1-2H3,(H,30,31)/b18-7-. The minimum absolute atomic E-state index is 0.117. The number of fused-ring (bicyclic) bond motifs is 1. The number of rotatable bonds is 7. The van der Waals surface area contributed by atoms with Crippen molar-refractivity contribution >= 4 is 40.9 Å². The molecule has 1 aliphatic heterocycles. The normalized spacial score (nSPS) is 12.1. The highest BCUT2D eigenvalue weighted by atomic mass is 35.5. The Morgan fingerprint density at radius 3 is 2.66 bits per heavy atom. The Morgan fingerprint density at radius 2 is 1.91 bits per heavy atom. The number of anilines is 1. The predicted octanol–water partition coefficient (Wildman–Crippen LogP) is 6.16. The van der Waals surface area contributed by atoms with Crippen molar-refractivity contribution < 1.29 is 23.7 Å². The van der Waals surface area contributed by atoms with Crippen LogP contribution >= 0.6 is 23.2 Å². The van der Waals surface area contributed by atoms with E-state index < -0.39 is 5.91 Å². The third-order valence-corrected chi connectivity index (χ3v) is 5.87. The summed E-state index contributed by atoms with van der Waals surface area (Å²) in [6.07, 6.45) is 1.42. The highest BCUT2D eigenvalue weighted by Crippen LogP contribution is 2.38. The molecule has 0 saturated carbocycles. The maximum atomic E-state index is 12.6. The summed E-state index contributed by atoms with van der Waals surface area (Å²) in [5.74, 6) is 1.45. The maximum absolute atomic E-state index is 12.6. The van der Waals surface area contributed by atoms with Crippen molar-refractivity contribution in [2.24, 2.45) is 0 Å². The van der Waals surface area contributed by atoms with Gasteiger partial charge >= 0.3 is 0 Å². The van der Waals surface area contributed by atoms with Crippen molar-refractivity contribution in [2.45, 2.75) is 13.5 Å². The fourth-order valence-electron chi connectivity index (χ4n) is 3.33. The zero-order valence-electron chi connectivity index (χ0n) is 18.9. The van der Waals surface area contributed by atoms with Crippen LogP contribution in [0.15, 0.2) is 54.1 Å². The van der Waals surface area contributed by atoms with Crippen LogP contribution in [0.1, 0.15) is 16.7 Å². The summed E-state index contributed by atoms with van der Waals surface area (Å²) in [6.45, 7) is 2.26. The molecule has 1 heterocycles. The molecule has 0 aromatic heterocycles. The van der Waals surface area contributed by atoms with Crippen LogP contribution in [0.25, 0.3) is 6.08 Å². The fraction of sp³-hybridized carbons (Fsp3) is 0.154. The summed E-state index contributed by atoms with van der Waals surface area (Å²) in [7, 11) is 1.48. The molecular formula is C26H20Cl2N2O5. The van der Waals surface area contributed by atoms with Crippen LogP contribution < -0.4 is 24.3 Å². The Hall–Kier alpha value is -3.86. The minimum Gasteiger partial charge on any atom is -0.493 e. The largest absolute Gasteiger partial charge is 0.493 e. The van der Waals surface area contributed by atoms with Gasteiger partial charge in [-0.2, -0.15) is 5.26 Å². The molecule has 0 radical (unpaired) electrons. The topological polar surface area (TPSA) is 89.8 Å². The molecule has 0 spiro atoms. The van der Waals surface area contributed by atoms with E-state index in [-0.39, 0.29) is 24.0 Å². The Balaban J connectivity index is 1.52. The van der Waals surface area contributed by atoms with Gasteiger partial charge in [0, 0.05) is 10.7 Å². The van der Waals surface area contributed by atoms with Gasteiger partial charge in [0.05, 0.1) is 12.1 Å². The quantitative estimate of drug-likeness (QED) is 0.302. The molecule has 4 rings (SSSR count). The SMILES string of the molecule is COc1cc(/C=C(/C#N)C(=O)Nc2ccc(C)c(Cl)c2)cc(Cl)c1OCc1ccc2c(c1)OCO2. The van der Waals surface area contributed by atoms with Crippen LogP contribution in [-0.4, -0.2) is 19.8 Å². The van der Waals surface area contributed by atoms with E-state index in [1.165, 1.54) is 13.2 Å². The summed E-state index contributed by atoms with van der Waals surface area (Å²) in [5, 5.41) is 13.0. The lowest BCUT2D eigenvalue weighted by Gasteiger charge is -2.14. The van der Waals surface area contributed by atoms with E-state index in [1.807, 2.05) is 31.2 Å².